The van der Waals surface area contributed by atoms with Gasteiger partial charge in [0.05, 0.1) is 23.4 Å². The summed E-state index contributed by atoms with van der Waals surface area (Å²) in [6, 6.07) is 29.2. The lowest BCUT2D eigenvalue weighted by atomic mass is 10.0. The molecule has 4 aromatic carbocycles. The number of hydrogen-bond donors (Lipinski definition) is 0. The molecule has 0 fully saturated rings. The molecule has 0 unspecified atom stereocenters. The number of fused-ring (bicyclic) bond motifs is 1. The number of imide groups is 1. The fourth-order valence-electron chi connectivity index (χ4n) is 3.95. The number of anilines is 1. The minimum atomic E-state index is -0.363. The second-order valence-corrected chi connectivity index (χ2v) is 8.11. The van der Waals surface area contributed by atoms with Crippen LogP contribution >= 0.6 is 0 Å². The Morgan fingerprint density at radius 1 is 0.714 bits per heavy atom. The molecule has 0 aliphatic carbocycles. The van der Waals surface area contributed by atoms with Gasteiger partial charge < -0.3 is 4.89 Å². The molecule has 35 heavy (non-hydrogen) atoms. The first-order valence-corrected chi connectivity index (χ1v) is 11.0. The van der Waals surface area contributed by atoms with Crippen molar-refractivity contribution in [2.45, 2.75) is 13.0 Å². The standard InChI is InChI=1S/C29H20N2O4/c1-30-23-10-14-25(15-11-23)35-34-19-22-9-16-26-27(18-22)29(33)31(28(26)32)24-12-7-21(8-13-24)17-20-5-3-2-4-6-20/h2-16,18H,17,19H2. The summed E-state index contributed by atoms with van der Waals surface area (Å²) in [6.45, 7) is 7.06. The number of amides is 2. The molecule has 5 rings (SSSR count). The molecule has 0 N–H and O–H groups in total. The average molecular weight is 460 g/mol. The van der Waals surface area contributed by atoms with Gasteiger partial charge in [-0.2, -0.15) is 4.89 Å². The van der Waals surface area contributed by atoms with Gasteiger partial charge in [0, 0.05) is 0 Å². The van der Waals surface area contributed by atoms with E-state index in [0.29, 0.717) is 33.8 Å². The molecule has 0 bridgehead atoms. The van der Waals surface area contributed by atoms with Crippen LogP contribution in [0.5, 0.6) is 5.75 Å². The van der Waals surface area contributed by atoms with E-state index in [4.69, 9.17) is 16.3 Å². The molecule has 6 nitrogen and oxygen atoms in total. The Hall–Kier alpha value is -4.73. The first kappa shape index (κ1) is 22.1. The molecule has 0 atom stereocenters. The first-order chi connectivity index (χ1) is 17.1. The van der Waals surface area contributed by atoms with Crippen molar-refractivity contribution in [3.05, 3.63) is 136 Å². The van der Waals surface area contributed by atoms with E-state index in [1.807, 2.05) is 30.3 Å². The van der Waals surface area contributed by atoms with E-state index in [2.05, 4.69) is 17.0 Å². The lowest BCUT2D eigenvalue weighted by Gasteiger charge is -2.14. The van der Waals surface area contributed by atoms with Crippen molar-refractivity contribution in [3.63, 3.8) is 0 Å². The van der Waals surface area contributed by atoms with Crippen LogP contribution in [0.15, 0.2) is 97.1 Å². The summed E-state index contributed by atoms with van der Waals surface area (Å²) in [5.74, 6) is -0.241. The number of nitrogens with zero attached hydrogens (tertiary/aromatic N) is 2. The summed E-state index contributed by atoms with van der Waals surface area (Å²) in [5, 5.41) is 0. The van der Waals surface area contributed by atoms with E-state index in [0.717, 1.165) is 12.0 Å². The number of hydrogen-bond acceptors (Lipinski definition) is 4. The van der Waals surface area contributed by atoms with Gasteiger partial charge >= 0.3 is 0 Å². The molecule has 0 saturated heterocycles. The van der Waals surface area contributed by atoms with Gasteiger partial charge in [0.25, 0.3) is 11.8 Å². The quantitative estimate of drug-likeness (QED) is 0.144. The fraction of sp³-hybridized carbons (Fsp3) is 0.0690. The highest BCUT2D eigenvalue weighted by atomic mass is 17.2. The van der Waals surface area contributed by atoms with E-state index in [-0.39, 0.29) is 18.4 Å². The van der Waals surface area contributed by atoms with Crippen LogP contribution in [0.2, 0.25) is 0 Å². The summed E-state index contributed by atoms with van der Waals surface area (Å²) in [6.07, 6.45) is 0.776. The zero-order valence-electron chi connectivity index (χ0n) is 18.7. The zero-order valence-corrected chi connectivity index (χ0v) is 18.7. The summed E-state index contributed by atoms with van der Waals surface area (Å²) < 4.78 is 0. The zero-order chi connectivity index (χ0) is 24.2. The Labute approximate surface area is 202 Å². The van der Waals surface area contributed by atoms with Crippen LogP contribution in [0.3, 0.4) is 0 Å². The SMILES string of the molecule is [C-]#[N+]c1ccc(OOCc2ccc3c(c2)C(=O)N(c2ccc(Cc4ccccc4)cc2)C3=O)cc1. The fourth-order valence-corrected chi connectivity index (χ4v) is 3.95. The largest absolute Gasteiger partial charge is 0.337 e. The lowest BCUT2D eigenvalue weighted by Crippen LogP contribution is -2.29. The minimum Gasteiger partial charge on any atom is -0.337 e. The molecule has 4 aromatic rings. The highest BCUT2D eigenvalue weighted by Gasteiger charge is 2.36. The second-order valence-electron chi connectivity index (χ2n) is 8.11. The number of rotatable bonds is 7. The van der Waals surface area contributed by atoms with Gasteiger partial charge in [0.2, 0.25) is 0 Å². The van der Waals surface area contributed by atoms with Crippen molar-refractivity contribution in [2.24, 2.45) is 0 Å². The topological polar surface area (TPSA) is 60.2 Å². The van der Waals surface area contributed by atoms with Gasteiger partial charge in [-0.25, -0.2) is 9.74 Å². The Bertz CT molecular complexity index is 1420. The van der Waals surface area contributed by atoms with Crippen LogP contribution in [0.1, 0.15) is 37.4 Å². The van der Waals surface area contributed by atoms with Crippen LogP contribution in [0.4, 0.5) is 11.4 Å². The Morgan fingerprint density at radius 3 is 2.09 bits per heavy atom. The molecular formula is C29H20N2O4. The van der Waals surface area contributed by atoms with Crippen LogP contribution in [-0.2, 0) is 17.9 Å². The normalized spacial score (nSPS) is 12.4. The van der Waals surface area contributed by atoms with Crippen LogP contribution in [0, 0.1) is 6.57 Å². The van der Waals surface area contributed by atoms with Crippen LogP contribution in [-0.4, -0.2) is 11.8 Å². The molecule has 0 aromatic heterocycles. The molecule has 1 aliphatic rings. The summed E-state index contributed by atoms with van der Waals surface area (Å²) >= 11 is 0. The third-order valence-corrected chi connectivity index (χ3v) is 5.74. The molecule has 1 heterocycles. The van der Waals surface area contributed by atoms with Crippen molar-refractivity contribution in [2.75, 3.05) is 4.90 Å². The molecule has 0 radical (unpaired) electrons. The highest BCUT2D eigenvalue weighted by Crippen LogP contribution is 2.30. The maximum atomic E-state index is 13.1. The lowest BCUT2D eigenvalue weighted by molar-refractivity contribution is -0.217. The van der Waals surface area contributed by atoms with Gasteiger partial charge in [0.1, 0.15) is 6.61 Å². The second kappa shape index (κ2) is 9.64. The highest BCUT2D eigenvalue weighted by molar-refractivity contribution is 6.34. The summed E-state index contributed by atoms with van der Waals surface area (Å²) in [5.41, 5.74) is 4.74. The average Bonchev–Trinajstić information content (AvgIpc) is 3.15. The van der Waals surface area contributed by atoms with Crippen molar-refractivity contribution >= 4 is 23.2 Å². The smallest absolute Gasteiger partial charge is 0.266 e. The monoisotopic (exact) mass is 460 g/mol. The third-order valence-electron chi connectivity index (χ3n) is 5.74. The van der Waals surface area contributed by atoms with E-state index in [1.54, 1.807) is 54.6 Å². The Kier molecular flexibility index (Phi) is 6.08. The number of carbonyl (C=O) groups excluding carboxylic acids is 2. The maximum absolute atomic E-state index is 13.1. The number of carbonyl (C=O) groups is 2. The first-order valence-electron chi connectivity index (χ1n) is 11.0. The molecule has 0 saturated carbocycles. The van der Waals surface area contributed by atoms with Gasteiger partial charge in [0.15, 0.2) is 11.4 Å². The molecular weight excluding hydrogens is 440 g/mol. The van der Waals surface area contributed by atoms with Crippen molar-refractivity contribution < 1.29 is 19.4 Å². The van der Waals surface area contributed by atoms with E-state index in [1.165, 1.54) is 10.5 Å². The van der Waals surface area contributed by atoms with Crippen LogP contribution in [0.25, 0.3) is 4.85 Å². The van der Waals surface area contributed by atoms with Crippen molar-refractivity contribution in [3.8, 4) is 5.75 Å². The van der Waals surface area contributed by atoms with Crippen molar-refractivity contribution in [1.29, 1.82) is 0 Å². The van der Waals surface area contributed by atoms with Gasteiger partial charge in [-0.05, 0) is 59.5 Å². The molecule has 170 valence electrons. The van der Waals surface area contributed by atoms with Crippen molar-refractivity contribution in [1.82, 2.24) is 0 Å². The predicted molar refractivity (Wildman–Crippen MR) is 131 cm³/mol. The Balaban J connectivity index is 1.26. The molecule has 0 spiro atoms. The Morgan fingerprint density at radius 2 is 1.37 bits per heavy atom. The van der Waals surface area contributed by atoms with E-state index < -0.39 is 0 Å². The van der Waals surface area contributed by atoms with Gasteiger partial charge in [-0.3, -0.25) is 9.59 Å². The van der Waals surface area contributed by atoms with Gasteiger partial charge in [-0.15, -0.1) is 0 Å². The third kappa shape index (κ3) is 4.67. The maximum Gasteiger partial charge on any atom is 0.266 e. The summed E-state index contributed by atoms with van der Waals surface area (Å²) in [7, 11) is 0. The number of benzene rings is 4. The van der Waals surface area contributed by atoms with E-state index >= 15 is 0 Å². The summed E-state index contributed by atoms with van der Waals surface area (Å²) in [4.78, 5) is 41.1. The molecule has 2 amide bonds. The minimum absolute atomic E-state index is 0.0908. The molecule has 1 aliphatic heterocycles. The van der Waals surface area contributed by atoms with E-state index in [9.17, 15) is 9.59 Å². The van der Waals surface area contributed by atoms with Gasteiger partial charge in [-0.1, -0.05) is 60.7 Å². The van der Waals surface area contributed by atoms with Crippen LogP contribution < -0.4 is 9.79 Å². The molecule has 6 heteroatoms. The predicted octanol–water partition coefficient (Wildman–Crippen LogP) is 6.14.